The third-order valence-corrected chi connectivity index (χ3v) is 4.80. The Kier molecular flexibility index (Phi) is 4.03. The Hall–Kier alpha value is -3.81. The van der Waals surface area contributed by atoms with E-state index in [0.717, 1.165) is 0 Å². The van der Waals surface area contributed by atoms with Gasteiger partial charge in [-0.1, -0.05) is 18.2 Å². The Bertz CT molecular complexity index is 1090. The molecule has 8 heteroatoms. The van der Waals surface area contributed by atoms with Crippen LogP contribution in [0, 0.1) is 10.1 Å². The van der Waals surface area contributed by atoms with E-state index in [-0.39, 0.29) is 22.7 Å². The highest BCUT2D eigenvalue weighted by molar-refractivity contribution is 6.45. The standard InChI is InChI=1S/C20H16N4O4/c1-3-22-16-10-9-14(24(27)28)11-15(16)18(19(22)25)17-12(2)21-23(20(17)26)13-7-5-4-6-8-13/h4-11H,3H2,1-2H3/b18-17+. The molecular formula is C20H16N4O4. The van der Waals surface area contributed by atoms with E-state index in [1.54, 1.807) is 37.3 Å². The normalized spacial score (nSPS) is 18.6. The molecule has 140 valence electrons. The molecular weight excluding hydrogens is 360 g/mol. The molecule has 8 nitrogen and oxygen atoms in total. The zero-order valence-corrected chi connectivity index (χ0v) is 15.2. The first-order valence-corrected chi connectivity index (χ1v) is 8.74. The van der Waals surface area contributed by atoms with Gasteiger partial charge in [0.15, 0.2) is 0 Å². The molecule has 2 amide bonds. The lowest BCUT2D eigenvalue weighted by Gasteiger charge is -2.14. The predicted octanol–water partition coefficient (Wildman–Crippen LogP) is 3.14. The summed E-state index contributed by atoms with van der Waals surface area (Å²) >= 11 is 0. The Morgan fingerprint density at radius 3 is 2.39 bits per heavy atom. The summed E-state index contributed by atoms with van der Waals surface area (Å²) in [6.45, 7) is 3.85. The van der Waals surface area contributed by atoms with E-state index in [1.165, 1.54) is 22.0 Å². The second kappa shape index (κ2) is 6.41. The highest BCUT2D eigenvalue weighted by atomic mass is 16.6. The number of nitrogens with zero attached hydrogens (tertiary/aromatic N) is 4. The van der Waals surface area contributed by atoms with Gasteiger partial charge in [-0.25, -0.2) is 0 Å². The molecule has 2 aliphatic heterocycles. The van der Waals surface area contributed by atoms with E-state index in [4.69, 9.17) is 0 Å². The number of para-hydroxylation sites is 1. The van der Waals surface area contributed by atoms with Crippen molar-refractivity contribution >= 4 is 40.2 Å². The van der Waals surface area contributed by atoms with Gasteiger partial charge in [-0.15, -0.1) is 0 Å². The van der Waals surface area contributed by atoms with Crippen LogP contribution < -0.4 is 9.91 Å². The minimum Gasteiger partial charge on any atom is -0.308 e. The minimum atomic E-state index is -0.519. The van der Waals surface area contributed by atoms with Gasteiger partial charge in [0.05, 0.1) is 33.2 Å². The maximum atomic E-state index is 13.1. The van der Waals surface area contributed by atoms with Crippen molar-refractivity contribution in [1.29, 1.82) is 0 Å². The molecule has 2 heterocycles. The Morgan fingerprint density at radius 1 is 1.04 bits per heavy atom. The summed E-state index contributed by atoms with van der Waals surface area (Å²) in [4.78, 5) is 38.4. The molecule has 2 aromatic carbocycles. The third-order valence-electron chi connectivity index (χ3n) is 4.80. The van der Waals surface area contributed by atoms with Crippen LogP contribution in [0.25, 0.3) is 5.57 Å². The van der Waals surface area contributed by atoms with E-state index in [0.29, 0.717) is 29.2 Å². The van der Waals surface area contributed by atoms with Crippen LogP contribution >= 0.6 is 0 Å². The SMILES string of the molecule is CCN1C(=O)/C(=C2/C(=O)N(c3ccccc3)N=C2C)c2cc([N+](=O)[O-])ccc21. The first-order chi connectivity index (χ1) is 13.4. The number of hydrogen-bond acceptors (Lipinski definition) is 5. The average Bonchev–Trinajstić information content (AvgIpc) is 3.13. The number of rotatable bonds is 3. The van der Waals surface area contributed by atoms with Gasteiger partial charge in [0.1, 0.15) is 0 Å². The van der Waals surface area contributed by atoms with Crippen LogP contribution in [0.15, 0.2) is 59.2 Å². The molecule has 0 aromatic heterocycles. The number of hydrazone groups is 1. The first-order valence-electron chi connectivity index (χ1n) is 8.74. The lowest BCUT2D eigenvalue weighted by atomic mass is 9.97. The Labute approximate surface area is 160 Å². The third kappa shape index (κ3) is 2.50. The maximum absolute atomic E-state index is 13.1. The van der Waals surface area contributed by atoms with Crippen molar-refractivity contribution in [3.8, 4) is 0 Å². The van der Waals surface area contributed by atoms with E-state index in [1.807, 2.05) is 13.0 Å². The molecule has 0 aliphatic carbocycles. The molecule has 0 radical (unpaired) electrons. The lowest BCUT2D eigenvalue weighted by molar-refractivity contribution is -0.384. The van der Waals surface area contributed by atoms with Gasteiger partial charge in [0.2, 0.25) is 0 Å². The number of amides is 2. The quantitative estimate of drug-likeness (QED) is 0.467. The van der Waals surface area contributed by atoms with Gasteiger partial charge in [0, 0.05) is 24.2 Å². The number of anilines is 2. The van der Waals surface area contributed by atoms with Crippen molar-refractivity contribution in [3.63, 3.8) is 0 Å². The highest BCUT2D eigenvalue weighted by Crippen LogP contribution is 2.42. The molecule has 0 unspecified atom stereocenters. The predicted molar refractivity (Wildman–Crippen MR) is 105 cm³/mol. The molecule has 0 spiro atoms. The van der Waals surface area contributed by atoms with Crippen molar-refractivity contribution < 1.29 is 14.5 Å². The fourth-order valence-corrected chi connectivity index (χ4v) is 3.53. The summed E-state index contributed by atoms with van der Waals surface area (Å²) in [6.07, 6.45) is 0. The number of carbonyl (C=O) groups is 2. The van der Waals surface area contributed by atoms with Gasteiger partial charge in [-0.2, -0.15) is 10.1 Å². The molecule has 2 aromatic rings. The smallest absolute Gasteiger partial charge is 0.281 e. The van der Waals surface area contributed by atoms with Crippen molar-refractivity contribution in [3.05, 3.63) is 69.8 Å². The van der Waals surface area contributed by atoms with Gasteiger partial charge in [0.25, 0.3) is 17.5 Å². The Morgan fingerprint density at radius 2 is 1.75 bits per heavy atom. The summed E-state index contributed by atoms with van der Waals surface area (Å²) in [5.41, 5.74) is 2.11. The molecule has 28 heavy (non-hydrogen) atoms. The fraction of sp³-hybridized carbons (Fsp3) is 0.150. The molecule has 0 saturated heterocycles. The summed E-state index contributed by atoms with van der Waals surface area (Å²) in [5.74, 6) is -0.784. The number of nitro benzene ring substituents is 1. The zero-order valence-electron chi connectivity index (χ0n) is 15.2. The summed E-state index contributed by atoms with van der Waals surface area (Å²) in [5, 5.41) is 16.8. The lowest BCUT2D eigenvalue weighted by Crippen LogP contribution is -2.28. The van der Waals surface area contributed by atoms with Crippen LogP contribution in [-0.2, 0) is 9.59 Å². The average molecular weight is 376 g/mol. The molecule has 0 saturated carbocycles. The molecule has 4 rings (SSSR count). The second-order valence-electron chi connectivity index (χ2n) is 6.40. The zero-order chi connectivity index (χ0) is 20.0. The maximum Gasteiger partial charge on any atom is 0.281 e. The molecule has 2 aliphatic rings. The van der Waals surface area contributed by atoms with Crippen LogP contribution in [0.3, 0.4) is 0 Å². The van der Waals surface area contributed by atoms with E-state index in [2.05, 4.69) is 5.10 Å². The minimum absolute atomic E-state index is 0.137. The monoisotopic (exact) mass is 376 g/mol. The number of fused-ring (bicyclic) bond motifs is 1. The summed E-state index contributed by atoms with van der Waals surface area (Å²) < 4.78 is 0. The largest absolute Gasteiger partial charge is 0.308 e. The molecule has 0 N–H and O–H groups in total. The van der Waals surface area contributed by atoms with Crippen LogP contribution in [0.4, 0.5) is 17.1 Å². The number of likely N-dealkylation sites (N-methyl/N-ethyl adjacent to an activating group) is 1. The number of benzene rings is 2. The van der Waals surface area contributed by atoms with Crippen molar-refractivity contribution in [2.75, 3.05) is 16.5 Å². The number of non-ortho nitro benzene ring substituents is 1. The molecule has 0 atom stereocenters. The summed E-state index contributed by atoms with van der Waals surface area (Å²) in [7, 11) is 0. The van der Waals surface area contributed by atoms with Crippen molar-refractivity contribution in [1.82, 2.24) is 0 Å². The second-order valence-corrected chi connectivity index (χ2v) is 6.40. The first kappa shape index (κ1) is 17.6. The topological polar surface area (TPSA) is 96.1 Å². The molecule has 0 bridgehead atoms. The van der Waals surface area contributed by atoms with Crippen molar-refractivity contribution in [2.24, 2.45) is 5.10 Å². The number of nitro groups is 1. The Balaban J connectivity index is 1.91. The van der Waals surface area contributed by atoms with E-state index in [9.17, 15) is 19.7 Å². The van der Waals surface area contributed by atoms with Gasteiger partial charge < -0.3 is 4.90 Å². The van der Waals surface area contributed by atoms with Crippen molar-refractivity contribution in [2.45, 2.75) is 13.8 Å². The number of carbonyl (C=O) groups excluding carboxylic acids is 2. The van der Waals surface area contributed by atoms with E-state index < -0.39 is 10.8 Å². The van der Waals surface area contributed by atoms with E-state index >= 15 is 0 Å². The van der Waals surface area contributed by atoms with Gasteiger partial charge in [-0.05, 0) is 32.0 Å². The summed E-state index contributed by atoms with van der Waals surface area (Å²) in [6, 6.07) is 13.1. The van der Waals surface area contributed by atoms with Crippen LogP contribution in [0.1, 0.15) is 19.4 Å². The van der Waals surface area contributed by atoms with Gasteiger partial charge in [-0.3, -0.25) is 19.7 Å². The number of hydrogen-bond donors (Lipinski definition) is 0. The fourth-order valence-electron chi connectivity index (χ4n) is 3.53. The molecule has 0 fully saturated rings. The van der Waals surface area contributed by atoms with Gasteiger partial charge >= 0.3 is 0 Å². The van der Waals surface area contributed by atoms with Crippen LogP contribution in [0.5, 0.6) is 0 Å². The van der Waals surface area contributed by atoms with Crippen LogP contribution in [0.2, 0.25) is 0 Å². The highest BCUT2D eigenvalue weighted by Gasteiger charge is 2.41. The van der Waals surface area contributed by atoms with Crippen LogP contribution in [-0.4, -0.2) is 29.0 Å².